The Bertz CT molecular complexity index is 1320. The molecular formula is C23H24ClN7O3. The predicted octanol–water partition coefficient (Wildman–Crippen LogP) is 3.38. The van der Waals surface area contributed by atoms with E-state index in [0.717, 1.165) is 36.6 Å². The van der Waals surface area contributed by atoms with Crippen LogP contribution in [-0.2, 0) is 11.3 Å². The molecule has 3 aromatic heterocycles. The molecule has 1 fully saturated rings. The fourth-order valence-electron chi connectivity index (χ4n) is 4.20. The molecule has 1 atom stereocenters. The molecule has 0 spiro atoms. The number of rotatable bonds is 7. The molecule has 0 saturated carbocycles. The van der Waals surface area contributed by atoms with Gasteiger partial charge < -0.3 is 14.4 Å². The Balaban J connectivity index is 1.37. The SMILES string of the molecule is CCOC(=O)c1cnn(-c2nc(OC)c3c(cnn3C[C@H]3CCN(c4ccc(Cl)cc4)C3)n2)c1. The molecule has 0 bridgehead atoms. The molecule has 1 aliphatic heterocycles. The highest BCUT2D eigenvalue weighted by Gasteiger charge is 2.25. The molecule has 1 saturated heterocycles. The van der Waals surface area contributed by atoms with Crippen molar-refractivity contribution in [2.24, 2.45) is 5.92 Å². The monoisotopic (exact) mass is 481 g/mol. The number of benzene rings is 1. The summed E-state index contributed by atoms with van der Waals surface area (Å²) < 4.78 is 13.9. The molecule has 4 heterocycles. The van der Waals surface area contributed by atoms with Crippen LogP contribution in [0, 0.1) is 5.92 Å². The van der Waals surface area contributed by atoms with Crippen LogP contribution in [0.3, 0.4) is 0 Å². The van der Waals surface area contributed by atoms with Crippen LogP contribution in [0.4, 0.5) is 5.69 Å². The van der Waals surface area contributed by atoms with E-state index in [4.69, 9.17) is 21.1 Å². The number of esters is 1. The first-order valence-corrected chi connectivity index (χ1v) is 11.4. The molecular weight excluding hydrogens is 458 g/mol. The highest BCUT2D eigenvalue weighted by molar-refractivity contribution is 6.30. The maximum absolute atomic E-state index is 12.0. The Hall–Kier alpha value is -3.66. The number of anilines is 1. The predicted molar refractivity (Wildman–Crippen MR) is 127 cm³/mol. The first-order valence-electron chi connectivity index (χ1n) is 11.1. The zero-order chi connectivity index (χ0) is 23.7. The van der Waals surface area contributed by atoms with E-state index < -0.39 is 5.97 Å². The minimum absolute atomic E-state index is 0.286. The molecule has 0 amide bonds. The van der Waals surface area contributed by atoms with Crippen molar-refractivity contribution in [2.45, 2.75) is 19.9 Å². The Morgan fingerprint density at radius 2 is 2.00 bits per heavy atom. The van der Waals surface area contributed by atoms with Crippen LogP contribution in [0.15, 0.2) is 42.9 Å². The summed E-state index contributed by atoms with van der Waals surface area (Å²) in [6.07, 6.45) is 5.71. The number of fused-ring (bicyclic) bond motifs is 1. The van der Waals surface area contributed by atoms with Gasteiger partial charge in [-0.15, -0.1) is 0 Å². The van der Waals surface area contributed by atoms with Crippen molar-refractivity contribution in [3.05, 3.63) is 53.4 Å². The van der Waals surface area contributed by atoms with E-state index >= 15 is 0 Å². The van der Waals surface area contributed by atoms with E-state index in [-0.39, 0.29) is 12.6 Å². The number of aromatic nitrogens is 6. The average Bonchev–Trinajstić information content (AvgIpc) is 3.60. The lowest BCUT2D eigenvalue weighted by Gasteiger charge is -2.19. The number of carbonyl (C=O) groups excluding carboxylic acids is 1. The van der Waals surface area contributed by atoms with E-state index in [1.807, 2.05) is 16.8 Å². The Kier molecular flexibility index (Phi) is 6.06. The molecule has 4 aromatic rings. The molecule has 0 N–H and O–H groups in total. The van der Waals surface area contributed by atoms with Gasteiger partial charge >= 0.3 is 5.97 Å². The molecule has 176 valence electrons. The van der Waals surface area contributed by atoms with Gasteiger partial charge in [0.15, 0.2) is 0 Å². The Morgan fingerprint density at radius 1 is 1.18 bits per heavy atom. The van der Waals surface area contributed by atoms with Gasteiger partial charge in [0.25, 0.3) is 5.95 Å². The summed E-state index contributed by atoms with van der Waals surface area (Å²) in [5, 5.41) is 9.50. The van der Waals surface area contributed by atoms with Gasteiger partial charge in [0.05, 0.1) is 31.7 Å². The van der Waals surface area contributed by atoms with Crippen LogP contribution in [0.2, 0.25) is 5.02 Å². The Morgan fingerprint density at radius 3 is 2.76 bits per heavy atom. The van der Waals surface area contributed by atoms with E-state index in [1.165, 1.54) is 22.8 Å². The van der Waals surface area contributed by atoms with Crippen molar-refractivity contribution in [3.8, 4) is 11.8 Å². The summed E-state index contributed by atoms with van der Waals surface area (Å²) in [6.45, 7) is 4.67. The quantitative estimate of drug-likeness (QED) is 0.370. The summed E-state index contributed by atoms with van der Waals surface area (Å²) in [5.74, 6) is 0.660. The number of ether oxygens (including phenoxy) is 2. The van der Waals surface area contributed by atoms with Gasteiger partial charge in [-0.2, -0.15) is 15.2 Å². The van der Waals surface area contributed by atoms with Crippen LogP contribution < -0.4 is 9.64 Å². The van der Waals surface area contributed by atoms with Crippen molar-refractivity contribution >= 4 is 34.3 Å². The normalized spacial score (nSPS) is 15.7. The molecule has 0 unspecified atom stereocenters. The summed E-state index contributed by atoms with van der Waals surface area (Å²) in [5.41, 5.74) is 2.87. The van der Waals surface area contributed by atoms with E-state index in [1.54, 1.807) is 20.2 Å². The second-order valence-corrected chi connectivity index (χ2v) is 8.50. The van der Waals surface area contributed by atoms with Crippen molar-refractivity contribution in [3.63, 3.8) is 0 Å². The zero-order valence-corrected chi connectivity index (χ0v) is 19.6. The number of hydrogen-bond donors (Lipinski definition) is 0. The minimum atomic E-state index is -0.446. The van der Waals surface area contributed by atoms with E-state index in [0.29, 0.717) is 22.9 Å². The largest absolute Gasteiger partial charge is 0.479 e. The molecule has 10 nitrogen and oxygen atoms in total. The van der Waals surface area contributed by atoms with Crippen LogP contribution >= 0.6 is 11.6 Å². The van der Waals surface area contributed by atoms with Gasteiger partial charge in [-0.05, 0) is 43.5 Å². The highest BCUT2D eigenvalue weighted by Crippen LogP contribution is 2.29. The zero-order valence-electron chi connectivity index (χ0n) is 18.9. The number of carbonyl (C=O) groups is 1. The third kappa shape index (κ3) is 4.28. The van der Waals surface area contributed by atoms with Gasteiger partial charge in [-0.25, -0.2) is 14.5 Å². The first kappa shape index (κ1) is 22.1. The van der Waals surface area contributed by atoms with Gasteiger partial charge in [-0.3, -0.25) is 4.68 Å². The summed E-state index contributed by atoms with van der Waals surface area (Å²) in [7, 11) is 1.56. The number of halogens is 1. The molecule has 0 aliphatic carbocycles. The highest BCUT2D eigenvalue weighted by atomic mass is 35.5. The number of hydrogen-bond acceptors (Lipinski definition) is 8. The van der Waals surface area contributed by atoms with Crippen molar-refractivity contribution in [2.75, 3.05) is 31.7 Å². The van der Waals surface area contributed by atoms with Crippen molar-refractivity contribution < 1.29 is 14.3 Å². The lowest BCUT2D eigenvalue weighted by Crippen LogP contribution is -2.21. The van der Waals surface area contributed by atoms with Crippen LogP contribution in [-0.4, -0.2) is 62.3 Å². The molecule has 5 rings (SSSR count). The van der Waals surface area contributed by atoms with Crippen LogP contribution in [0.25, 0.3) is 17.0 Å². The second kappa shape index (κ2) is 9.30. The third-order valence-electron chi connectivity index (χ3n) is 5.85. The maximum Gasteiger partial charge on any atom is 0.341 e. The van der Waals surface area contributed by atoms with Gasteiger partial charge in [0.2, 0.25) is 5.88 Å². The average molecular weight is 482 g/mol. The van der Waals surface area contributed by atoms with Gasteiger partial charge in [0.1, 0.15) is 11.0 Å². The molecule has 34 heavy (non-hydrogen) atoms. The van der Waals surface area contributed by atoms with Crippen molar-refractivity contribution in [1.29, 1.82) is 0 Å². The first-order chi connectivity index (χ1) is 16.6. The summed E-state index contributed by atoms with van der Waals surface area (Å²) >= 11 is 6.02. The van der Waals surface area contributed by atoms with Gasteiger partial charge in [-0.1, -0.05) is 11.6 Å². The fourth-order valence-corrected chi connectivity index (χ4v) is 4.33. The van der Waals surface area contributed by atoms with Crippen molar-refractivity contribution in [1.82, 2.24) is 29.5 Å². The third-order valence-corrected chi connectivity index (χ3v) is 6.10. The minimum Gasteiger partial charge on any atom is -0.479 e. The van der Waals surface area contributed by atoms with Crippen LogP contribution in [0.1, 0.15) is 23.7 Å². The molecule has 1 aromatic carbocycles. The lowest BCUT2D eigenvalue weighted by atomic mass is 10.1. The van der Waals surface area contributed by atoms with Gasteiger partial charge in [0, 0.05) is 36.5 Å². The molecule has 0 radical (unpaired) electrons. The molecule has 11 heteroatoms. The van der Waals surface area contributed by atoms with E-state index in [9.17, 15) is 4.79 Å². The summed E-state index contributed by atoms with van der Waals surface area (Å²) in [4.78, 5) is 23.4. The smallest absolute Gasteiger partial charge is 0.341 e. The number of nitrogens with zero attached hydrogens (tertiary/aromatic N) is 7. The number of methoxy groups -OCH3 is 1. The molecule has 1 aliphatic rings. The fraction of sp³-hybridized carbons (Fsp3) is 0.348. The van der Waals surface area contributed by atoms with Crippen LogP contribution in [0.5, 0.6) is 5.88 Å². The Labute approximate surface area is 201 Å². The second-order valence-electron chi connectivity index (χ2n) is 8.06. The maximum atomic E-state index is 12.0. The topological polar surface area (TPSA) is 100 Å². The lowest BCUT2D eigenvalue weighted by molar-refractivity contribution is 0.0526. The standard InChI is InChI=1S/C23H24ClN7O3/c1-3-34-22(32)16-10-25-31(14-16)23-27-19-11-26-30(20(19)21(28-23)33-2)13-15-8-9-29(12-15)18-6-4-17(24)5-7-18/h4-7,10-11,14-15H,3,8-9,12-13H2,1-2H3/t15-/m0/s1. The van der Waals surface area contributed by atoms with E-state index in [2.05, 4.69) is 37.2 Å². The summed E-state index contributed by atoms with van der Waals surface area (Å²) in [6, 6.07) is 7.94.